The number of carbonyl (C=O) groups excluding carboxylic acids is 1. The van der Waals surface area contributed by atoms with Crippen LogP contribution in [0.25, 0.3) is 6.08 Å². The molecule has 23 heavy (non-hydrogen) atoms. The fourth-order valence-corrected chi connectivity index (χ4v) is 2.00. The molecule has 1 amide bonds. The summed E-state index contributed by atoms with van der Waals surface area (Å²) < 4.78 is 18.5. The summed E-state index contributed by atoms with van der Waals surface area (Å²) in [6.07, 6.45) is 1.31. The monoisotopic (exact) mass is 330 g/mol. The molecule has 0 aliphatic heterocycles. The first-order chi connectivity index (χ1) is 11.0. The van der Waals surface area contributed by atoms with Crippen LogP contribution in [-0.4, -0.2) is 5.91 Å². The number of nitrogens with two attached hydrogens (primary N) is 1. The molecule has 2 rings (SSSR count). The lowest BCUT2D eigenvalue weighted by molar-refractivity contribution is -0.114. The molecule has 0 aliphatic carbocycles. The zero-order valence-corrected chi connectivity index (χ0v) is 12.7. The van der Waals surface area contributed by atoms with E-state index in [0.29, 0.717) is 16.3 Å². The number of halogens is 2. The molecule has 0 aromatic heterocycles. The van der Waals surface area contributed by atoms with Crippen LogP contribution in [0.15, 0.2) is 48.0 Å². The second-order valence-corrected chi connectivity index (χ2v) is 5.07. The molecule has 2 aromatic carbocycles. The van der Waals surface area contributed by atoms with Crippen molar-refractivity contribution in [2.75, 3.05) is 0 Å². The number of nitrogens with zero attached hydrogens (tertiary/aromatic N) is 1. The van der Waals surface area contributed by atoms with E-state index in [2.05, 4.69) is 0 Å². The SMILES string of the molecule is N#C/C(=C\c1cc(Cl)ccc1OCc1ccc(F)cc1)C(N)=O. The summed E-state index contributed by atoms with van der Waals surface area (Å²) in [5.74, 6) is -0.742. The van der Waals surface area contributed by atoms with Gasteiger partial charge in [-0.25, -0.2) is 4.39 Å². The van der Waals surface area contributed by atoms with Crippen molar-refractivity contribution in [1.29, 1.82) is 5.26 Å². The molecule has 0 spiro atoms. The smallest absolute Gasteiger partial charge is 0.259 e. The van der Waals surface area contributed by atoms with Crippen LogP contribution in [0.2, 0.25) is 5.02 Å². The third-order valence-electron chi connectivity index (χ3n) is 2.97. The molecule has 0 unspecified atom stereocenters. The quantitative estimate of drug-likeness (QED) is 0.674. The molecule has 4 nitrogen and oxygen atoms in total. The predicted molar refractivity (Wildman–Crippen MR) is 85.0 cm³/mol. The minimum absolute atomic E-state index is 0.196. The Morgan fingerprint density at radius 3 is 2.61 bits per heavy atom. The van der Waals surface area contributed by atoms with Gasteiger partial charge < -0.3 is 10.5 Å². The minimum Gasteiger partial charge on any atom is -0.488 e. The van der Waals surface area contributed by atoms with Crippen LogP contribution in [0.3, 0.4) is 0 Å². The number of carbonyl (C=O) groups is 1. The van der Waals surface area contributed by atoms with Gasteiger partial charge in [-0.2, -0.15) is 5.26 Å². The van der Waals surface area contributed by atoms with Gasteiger partial charge in [0.15, 0.2) is 0 Å². The summed E-state index contributed by atoms with van der Waals surface area (Å²) >= 11 is 5.93. The van der Waals surface area contributed by atoms with E-state index in [1.165, 1.54) is 18.2 Å². The fraction of sp³-hybridized carbons (Fsp3) is 0.0588. The van der Waals surface area contributed by atoms with Gasteiger partial charge in [-0.1, -0.05) is 23.7 Å². The highest BCUT2D eigenvalue weighted by Crippen LogP contribution is 2.26. The number of amides is 1. The summed E-state index contributed by atoms with van der Waals surface area (Å²) in [7, 11) is 0. The van der Waals surface area contributed by atoms with Crippen molar-refractivity contribution in [3.05, 3.63) is 70.0 Å². The topological polar surface area (TPSA) is 76.1 Å². The van der Waals surface area contributed by atoms with Crippen LogP contribution >= 0.6 is 11.6 Å². The maximum Gasteiger partial charge on any atom is 0.259 e. The van der Waals surface area contributed by atoms with E-state index in [4.69, 9.17) is 27.3 Å². The Bertz CT molecular complexity index is 795. The molecule has 116 valence electrons. The van der Waals surface area contributed by atoms with E-state index >= 15 is 0 Å². The molecule has 0 bridgehead atoms. The Morgan fingerprint density at radius 1 is 1.30 bits per heavy atom. The first-order valence-corrected chi connectivity index (χ1v) is 6.96. The first-order valence-electron chi connectivity index (χ1n) is 6.58. The number of hydrogen-bond donors (Lipinski definition) is 1. The van der Waals surface area contributed by atoms with E-state index in [9.17, 15) is 9.18 Å². The van der Waals surface area contributed by atoms with Crippen LogP contribution in [0, 0.1) is 17.1 Å². The first kappa shape index (κ1) is 16.5. The second-order valence-electron chi connectivity index (χ2n) is 4.63. The summed E-state index contributed by atoms with van der Waals surface area (Å²) in [4.78, 5) is 11.2. The van der Waals surface area contributed by atoms with Gasteiger partial charge in [-0.05, 0) is 42.0 Å². The number of benzene rings is 2. The molecular formula is C17H12ClFN2O2. The molecule has 0 aliphatic rings. The molecule has 0 saturated carbocycles. The molecule has 2 aromatic rings. The van der Waals surface area contributed by atoms with Crippen molar-refractivity contribution < 1.29 is 13.9 Å². The predicted octanol–water partition coefficient (Wildman–Crippen LogP) is 3.45. The third kappa shape index (κ3) is 4.56. The standard InChI is InChI=1S/C17H12ClFN2O2/c18-14-3-6-16(12(8-14)7-13(9-20)17(21)22)23-10-11-1-4-15(19)5-2-11/h1-8H,10H2,(H2,21,22)/b13-7+. The lowest BCUT2D eigenvalue weighted by atomic mass is 10.1. The Hall–Kier alpha value is -2.84. The van der Waals surface area contributed by atoms with Gasteiger partial charge in [-0.3, -0.25) is 4.79 Å². The van der Waals surface area contributed by atoms with Gasteiger partial charge >= 0.3 is 0 Å². The van der Waals surface area contributed by atoms with Crippen LogP contribution in [0.5, 0.6) is 5.75 Å². The van der Waals surface area contributed by atoms with Crippen molar-refractivity contribution in [3.63, 3.8) is 0 Å². The molecular weight excluding hydrogens is 319 g/mol. The summed E-state index contributed by atoms with van der Waals surface area (Å²) in [6.45, 7) is 0.196. The van der Waals surface area contributed by atoms with Crippen molar-refractivity contribution >= 4 is 23.6 Å². The Labute approximate surface area is 137 Å². The van der Waals surface area contributed by atoms with Crippen LogP contribution in [0.4, 0.5) is 4.39 Å². The lowest BCUT2D eigenvalue weighted by Gasteiger charge is -2.10. The molecule has 0 fully saturated rings. The van der Waals surface area contributed by atoms with E-state index in [1.807, 2.05) is 0 Å². The average molecular weight is 331 g/mol. The molecule has 0 radical (unpaired) electrons. The Balaban J connectivity index is 2.27. The summed E-state index contributed by atoms with van der Waals surface area (Å²) in [5.41, 5.74) is 6.14. The van der Waals surface area contributed by atoms with Gasteiger partial charge in [0.1, 0.15) is 29.8 Å². The Kier molecular flexibility index (Phi) is 5.34. The molecule has 6 heteroatoms. The number of hydrogen-bond acceptors (Lipinski definition) is 3. The number of ether oxygens (including phenoxy) is 1. The largest absolute Gasteiger partial charge is 0.488 e. The van der Waals surface area contributed by atoms with E-state index in [1.54, 1.807) is 36.4 Å². The molecule has 0 heterocycles. The van der Waals surface area contributed by atoms with Crippen LogP contribution in [0.1, 0.15) is 11.1 Å². The van der Waals surface area contributed by atoms with Crippen LogP contribution in [-0.2, 0) is 11.4 Å². The molecule has 2 N–H and O–H groups in total. The van der Waals surface area contributed by atoms with Crippen molar-refractivity contribution in [2.24, 2.45) is 5.73 Å². The second kappa shape index (κ2) is 7.43. The average Bonchev–Trinajstić information content (AvgIpc) is 2.53. The highest BCUT2D eigenvalue weighted by Gasteiger charge is 2.08. The zero-order valence-electron chi connectivity index (χ0n) is 11.9. The van der Waals surface area contributed by atoms with Crippen LogP contribution < -0.4 is 10.5 Å². The summed E-state index contributed by atoms with van der Waals surface area (Å²) in [6, 6.07) is 12.4. The normalized spacial score (nSPS) is 10.9. The highest BCUT2D eigenvalue weighted by atomic mass is 35.5. The number of primary amides is 1. The van der Waals surface area contributed by atoms with Gasteiger partial charge in [0.2, 0.25) is 0 Å². The van der Waals surface area contributed by atoms with Crippen molar-refractivity contribution in [1.82, 2.24) is 0 Å². The van der Waals surface area contributed by atoms with Gasteiger partial charge in [0, 0.05) is 10.6 Å². The molecule has 0 saturated heterocycles. The van der Waals surface area contributed by atoms with Crippen molar-refractivity contribution in [2.45, 2.75) is 6.61 Å². The van der Waals surface area contributed by atoms with Gasteiger partial charge in [0.05, 0.1) is 0 Å². The van der Waals surface area contributed by atoms with Gasteiger partial charge in [0.25, 0.3) is 5.91 Å². The fourth-order valence-electron chi connectivity index (χ4n) is 1.82. The highest BCUT2D eigenvalue weighted by molar-refractivity contribution is 6.30. The zero-order chi connectivity index (χ0) is 16.8. The molecule has 0 atom stereocenters. The Morgan fingerprint density at radius 2 is 2.00 bits per heavy atom. The van der Waals surface area contributed by atoms with Crippen molar-refractivity contribution in [3.8, 4) is 11.8 Å². The lowest BCUT2D eigenvalue weighted by Crippen LogP contribution is -2.12. The summed E-state index contributed by atoms with van der Waals surface area (Å²) in [5, 5.41) is 9.35. The maximum absolute atomic E-state index is 12.9. The number of rotatable bonds is 5. The number of nitriles is 1. The maximum atomic E-state index is 12.9. The van der Waals surface area contributed by atoms with E-state index in [0.717, 1.165) is 5.56 Å². The van der Waals surface area contributed by atoms with Gasteiger partial charge in [-0.15, -0.1) is 0 Å². The van der Waals surface area contributed by atoms with E-state index < -0.39 is 5.91 Å². The third-order valence-corrected chi connectivity index (χ3v) is 3.20. The minimum atomic E-state index is -0.836. The van der Waals surface area contributed by atoms with E-state index in [-0.39, 0.29) is 18.0 Å².